The van der Waals surface area contributed by atoms with Crippen LogP contribution in [-0.4, -0.2) is 5.11 Å². The largest absolute Gasteiger partial charge is 0.507 e. The van der Waals surface area contributed by atoms with Crippen LogP contribution in [0.15, 0.2) is 54.6 Å². The average molecular weight is 314 g/mol. The van der Waals surface area contributed by atoms with E-state index in [1.807, 2.05) is 37.4 Å². The second-order valence-corrected chi connectivity index (χ2v) is 6.34. The molecule has 0 amide bonds. The number of fused-ring (bicyclic) bond motifs is 3. The third-order valence-electron chi connectivity index (χ3n) is 4.94. The summed E-state index contributed by atoms with van der Waals surface area (Å²) in [6.45, 7) is 2.13. The van der Waals surface area contributed by atoms with Crippen molar-refractivity contribution < 1.29 is 14.4 Å². The van der Waals surface area contributed by atoms with Crippen molar-refractivity contribution in [1.82, 2.24) is 0 Å². The van der Waals surface area contributed by atoms with E-state index < -0.39 is 0 Å². The van der Waals surface area contributed by atoms with Crippen molar-refractivity contribution in [3.8, 4) is 28.5 Å². The van der Waals surface area contributed by atoms with Gasteiger partial charge in [-0.15, -0.1) is 0 Å². The molecule has 0 radical (unpaired) electrons. The van der Waals surface area contributed by atoms with Crippen molar-refractivity contribution in [2.24, 2.45) is 7.05 Å². The third kappa shape index (κ3) is 1.59. The Balaban J connectivity index is 2.02. The number of phenolic OH excluding ortho intramolecular Hbond substituents is 1. The second kappa shape index (κ2) is 4.48. The van der Waals surface area contributed by atoms with E-state index in [0.717, 1.165) is 33.5 Å². The summed E-state index contributed by atoms with van der Waals surface area (Å²) in [5, 5.41) is 13.4. The van der Waals surface area contributed by atoms with Gasteiger partial charge in [0.1, 0.15) is 18.5 Å². The summed E-state index contributed by atoms with van der Waals surface area (Å²) in [5.74, 6) is 1.91. The summed E-state index contributed by atoms with van der Waals surface area (Å²) in [6.07, 6.45) is 0. The van der Waals surface area contributed by atoms with Gasteiger partial charge in [-0.05, 0) is 30.0 Å². The van der Waals surface area contributed by atoms with E-state index in [2.05, 4.69) is 29.7 Å². The first kappa shape index (κ1) is 13.4. The lowest BCUT2D eigenvalue weighted by molar-refractivity contribution is -0.633. The number of benzene rings is 3. The highest BCUT2D eigenvalue weighted by atomic mass is 16.5. The molecule has 3 nitrogen and oxygen atoms in total. The number of pyridine rings is 1. The van der Waals surface area contributed by atoms with Crippen LogP contribution in [-0.2, 0) is 7.05 Å². The molecule has 1 aliphatic rings. The van der Waals surface area contributed by atoms with Gasteiger partial charge < -0.3 is 9.84 Å². The van der Waals surface area contributed by atoms with Crippen molar-refractivity contribution in [3.63, 3.8) is 0 Å². The van der Waals surface area contributed by atoms with Gasteiger partial charge in [-0.2, -0.15) is 4.57 Å². The highest BCUT2D eigenvalue weighted by Gasteiger charge is 2.30. The van der Waals surface area contributed by atoms with Gasteiger partial charge >= 0.3 is 0 Å². The van der Waals surface area contributed by atoms with Gasteiger partial charge in [-0.1, -0.05) is 30.3 Å². The molecular weight excluding hydrogens is 298 g/mol. The van der Waals surface area contributed by atoms with Crippen molar-refractivity contribution in [3.05, 3.63) is 60.2 Å². The van der Waals surface area contributed by atoms with Crippen LogP contribution >= 0.6 is 0 Å². The zero-order chi connectivity index (χ0) is 16.4. The van der Waals surface area contributed by atoms with E-state index in [0.29, 0.717) is 0 Å². The molecule has 0 saturated heterocycles. The number of rotatable bonds is 0. The van der Waals surface area contributed by atoms with Crippen LogP contribution in [0.5, 0.6) is 17.2 Å². The molecule has 0 atom stereocenters. The molecule has 24 heavy (non-hydrogen) atoms. The van der Waals surface area contributed by atoms with Gasteiger partial charge in [0, 0.05) is 17.5 Å². The molecule has 0 unspecified atom stereocenters. The molecule has 0 spiro atoms. The minimum absolute atomic E-state index is 0.267. The molecule has 116 valence electrons. The lowest BCUT2D eigenvalue weighted by Crippen LogP contribution is -2.33. The molecule has 0 saturated carbocycles. The Labute approximate surface area is 139 Å². The number of hydrogen-bond acceptors (Lipinski definition) is 2. The predicted octanol–water partition coefficient (Wildman–Crippen LogP) is 4.60. The number of phenols is 1. The van der Waals surface area contributed by atoms with Gasteiger partial charge in [0.25, 0.3) is 5.69 Å². The second-order valence-electron chi connectivity index (χ2n) is 6.34. The van der Waals surface area contributed by atoms with Gasteiger partial charge in [0.15, 0.2) is 5.75 Å². The molecule has 4 aromatic rings. The Kier molecular flexibility index (Phi) is 2.50. The van der Waals surface area contributed by atoms with Crippen LogP contribution in [0.1, 0.15) is 5.56 Å². The predicted molar refractivity (Wildman–Crippen MR) is 94.5 cm³/mol. The van der Waals surface area contributed by atoms with Crippen LogP contribution in [0.2, 0.25) is 0 Å². The summed E-state index contributed by atoms with van der Waals surface area (Å²) < 4.78 is 8.33. The number of aryl methyl sites for hydroxylation is 2. The minimum atomic E-state index is 0.267. The molecule has 1 aromatic heterocycles. The van der Waals surface area contributed by atoms with E-state index in [-0.39, 0.29) is 5.75 Å². The Morgan fingerprint density at radius 2 is 1.79 bits per heavy atom. The Morgan fingerprint density at radius 1 is 0.958 bits per heavy atom. The number of aromatic nitrogens is 1. The average Bonchev–Trinajstić information content (AvgIpc) is 2.58. The van der Waals surface area contributed by atoms with E-state index in [9.17, 15) is 5.11 Å². The summed E-state index contributed by atoms with van der Waals surface area (Å²) >= 11 is 0. The van der Waals surface area contributed by atoms with E-state index >= 15 is 0 Å². The van der Waals surface area contributed by atoms with Crippen molar-refractivity contribution in [1.29, 1.82) is 0 Å². The van der Waals surface area contributed by atoms with Gasteiger partial charge in [-0.3, -0.25) is 0 Å². The molecule has 2 heterocycles. The molecule has 0 bridgehead atoms. The summed E-state index contributed by atoms with van der Waals surface area (Å²) in [5.41, 5.74) is 4.45. The van der Waals surface area contributed by atoms with Crippen molar-refractivity contribution in [2.45, 2.75) is 6.92 Å². The summed E-state index contributed by atoms with van der Waals surface area (Å²) in [6, 6.07) is 18.0. The maximum atomic E-state index is 10.2. The third-order valence-corrected chi connectivity index (χ3v) is 4.94. The molecule has 5 rings (SSSR count). The van der Waals surface area contributed by atoms with E-state index in [4.69, 9.17) is 4.74 Å². The number of hydrogen-bond donors (Lipinski definition) is 1. The summed E-state index contributed by atoms with van der Waals surface area (Å²) in [4.78, 5) is 0. The highest BCUT2D eigenvalue weighted by Crippen LogP contribution is 2.47. The molecule has 3 aromatic carbocycles. The van der Waals surface area contributed by atoms with Crippen LogP contribution in [0.3, 0.4) is 0 Å². The highest BCUT2D eigenvalue weighted by molar-refractivity contribution is 6.04. The molecule has 3 heteroatoms. The van der Waals surface area contributed by atoms with Crippen molar-refractivity contribution >= 4 is 21.7 Å². The maximum absolute atomic E-state index is 10.2. The number of ether oxygens (including phenoxy) is 1. The fourth-order valence-corrected chi connectivity index (χ4v) is 3.79. The molecule has 1 N–H and O–H groups in total. The molecule has 0 fully saturated rings. The summed E-state index contributed by atoms with van der Waals surface area (Å²) in [7, 11) is 2.02. The maximum Gasteiger partial charge on any atom is 0.256 e. The van der Waals surface area contributed by atoms with E-state index in [1.54, 1.807) is 6.07 Å². The van der Waals surface area contributed by atoms with Gasteiger partial charge in [-0.25, -0.2) is 0 Å². The molecular formula is C21H16NO2+. The van der Waals surface area contributed by atoms with E-state index in [1.165, 1.54) is 16.5 Å². The number of aromatic hydroxyl groups is 1. The Hall–Kier alpha value is -3.07. The fourth-order valence-electron chi connectivity index (χ4n) is 3.79. The van der Waals surface area contributed by atoms with Crippen LogP contribution in [0, 0.1) is 6.92 Å². The SMILES string of the molecule is Cc1ccc2cccc3c2c1-c1c(cc2c(O)cccc2[n+]1C)O3. The fraction of sp³-hybridized carbons (Fsp3) is 0.0952. The standard InChI is InChI=1S/C21H15NO2/c1-12-9-10-13-5-3-8-17-20(13)19(12)21-18(24-17)11-14-15(22(21)2)6-4-7-16(14)23/h3-11H,1-2H3/p+1. The van der Waals surface area contributed by atoms with Crippen LogP contribution < -0.4 is 9.30 Å². The van der Waals surface area contributed by atoms with Gasteiger partial charge in [0.2, 0.25) is 5.52 Å². The Morgan fingerprint density at radius 3 is 2.67 bits per heavy atom. The number of nitrogens with zero attached hydrogens (tertiary/aromatic N) is 1. The first-order valence-electron chi connectivity index (χ1n) is 8.00. The monoisotopic (exact) mass is 314 g/mol. The smallest absolute Gasteiger partial charge is 0.256 e. The zero-order valence-corrected chi connectivity index (χ0v) is 13.5. The van der Waals surface area contributed by atoms with Gasteiger partial charge in [0.05, 0.1) is 10.9 Å². The quantitative estimate of drug-likeness (QED) is 0.424. The normalized spacial score (nSPS) is 12.2. The Bertz CT molecular complexity index is 1160. The first-order valence-corrected chi connectivity index (χ1v) is 8.00. The lowest BCUT2D eigenvalue weighted by atomic mass is 9.93. The zero-order valence-electron chi connectivity index (χ0n) is 13.5. The molecule has 0 aliphatic carbocycles. The van der Waals surface area contributed by atoms with Crippen molar-refractivity contribution in [2.75, 3.05) is 0 Å². The first-order chi connectivity index (χ1) is 11.6. The topological polar surface area (TPSA) is 33.3 Å². The van der Waals surface area contributed by atoms with Crippen LogP contribution in [0.25, 0.3) is 32.9 Å². The molecule has 1 aliphatic heterocycles. The minimum Gasteiger partial charge on any atom is -0.507 e. The lowest BCUT2D eigenvalue weighted by Gasteiger charge is -2.21. The van der Waals surface area contributed by atoms with Crippen LogP contribution in [0.4, 0.5) is 0 Å².